The van der Waals surface area contributed by atoms with Crippen LogP contribution in [0.1, 0.15) is 5.56 Å². The zero-order valence-corrected chi connectivity index (χ0v) is 13.3. The van der Waals surface area contributed by atoms with E-state index in [1.165, 1.54) is 0 Å². The van der Waals surface area contributed by atoms with E-state index in [0.717, 1.165) is 37.6 Å². The number of nitrogens with one attached hydrogen (secondary N) is 1. The Morgan fingerprint density at radius 2 is 1.78 bits per heavy atom. The van der Waals surface area contributed by atoms with Gasteiger partial charge in [0.1, 0.15) is 0 Å². The summed E-state index contributed by atoms with van der Waals surface area (Å²) in [6.45, 7) is 3.95. The molecular formula is C17H21N5O. The van der Waals surface area contributed by atoms with Gasteiger partial charge >= 0.3 is 0 Å². The van der Waals surface area contributed by atoms with Crippen LogP contribution in [0, 0.1) is 0 Å². The standard InChI is InChI=1S/C17H21N5O/c1-21-9-11-22(12-10-21)16-8-7-15(19-20-16)18-17(23)13-14-5-3-2-4-6-14/h2-8H,9-13H2,1H3,(H,18,19,23). The van der Waals surface area contributed by atoms with E-state index in [2.05, 4.69) is 32.4 Å². The molecule has 0 aliphatic carbocycles. The Bertz CT molecular complexity index is 636. The van der Waals surface area contributed by atoms with Crippen LogP contribution in [-0.4, -0.2) is 54.2 Å². The van der Waals surface area contributed by atoms with Gasteiger partial charge in [-0.05, 0) is 24.7 Å². The lowest BCUT2D eigenvalue weighted by Crippen LogP contribution is -2.44. The van der Waals surface area contributed by atoms with E-state index in [0.29, 0.717) is 12.2 Å². The van der Waals surface area contributed by atoms with Crippen LogP contribution < -0.4 is 10.2 Å². The monoisotopic (exact) mass is 311 g/mol. The third kappa shape index (κ3) is 4.26. The summed E-state index contributed by atoms with van der Waals surface area (Å²) in [6.07, 6.45) is 0.336. The smallest absolute Gasteiger partial charge is 0.229 e. The number of rotatable bonds is 4. The van der Waals surface area contributed by atoms with E-state index >= 15 is 0 Å². The Kier molecular flexibility index (Phi) is 4.83. The summed E-state index contributed by atoms with van der Waals surface area (Å²) in [5.74, 6) is 1.26. The summed E-state index contributed by atoms with van der Waals surface area (Å²) in [7, 11) is 2.12. The molecule has 1 aromatic heterocycles. The molecule has 23 heavy (non-hydrogen) atoms. The van der Waals surface area contributed by atoms with Crippen molar-refractivity contribution in [1.29, 1.82) is 0 Å². The van der Waals surface area contributed by atoms with E-state index in [4.69, 9.17) is 0 Å². The molecule has 1 aliphatic heterocycles. The lowest BCUT2D eigenvalue weighted by molar-refractivity contribution is -0.115. The van der Waals surface area contributed by atoms with Crippen molar-refractivity contribution in [2.75, 3.05) is 43.4 Å². The molecule has 1 aliphatic rings. The van der Waals surface area contributed by atoms with Crippen molar-refractivity contribution in [2.24, 2.45) is 0 Å². The fourth-order valence-electron chi connectivity index (χ4n) is 2.56. The van der Waals surface area contributed by atoms with Gasteiger partial charge in [-0.15, -0.1) is 10.2 Å². The van der Waals surface area contributed by atoms with Crippen molar-refractivity contribution in [3.05, 3.63) is 48.0 Å². The van der Waals surface area contributed by atoms with Crippen LogP contribution in [0.5, 0.6) is 0 Å². The normalized spacial score (nSPS) is 15.4. The molecule has 0 spiro atoms. The number of carbonyl (C=O) groups is 1. The number of likely N-dealkylation sites (N-methyl/N-ethyl adjacent to an activating group) is 1. The molecular weight excluding hydrogens is 290 g/mol. The first-order valence-electron chi connectivity index (χ1n) is 7.82. The molecule has 2 heterocycles. The number of aromatic nitrogens is 2. The molecule has 0 atom stereocenters. The van der Waals surface area contributed by atoms with Crippen molar-refractivity contribution in [2.45, 2.75) is 6.42 Å². The number of hydrogen-bond acceptors (Lipinski definition) is 5. The van der Waals surface area contributed by atoms with Gasteiger partial charge in [0.25, 0.3) is 0 Å². The number of anilines is 2. The molecule has 1 saturated heterocycles. The molecule has 0 unspecified atom stereocenters. The summed E-state index contributed by atoms with van der Waals surface area (Å²) < 4.78 is 0. The van der Waals surface area contributed by atoms with Crippen molar-refractivity contribution in [3.8, 4) is 0 Å². The summed E-state index contributed by atoms with van der Waals surface area (Å²) in [5.41, 5.74) is 0.979. The second-order valence-electron chi connectivity index (χ2n) is 5.78. The topological polar surface area (TPSA) is 61.4 Å². The Labute approximate surface area is 136 Å². The van der Waals surface area contributed by atoms with Gasteiger partial charge in [0.05, 0.1) is 6.42 Å². The highest BCUT2D eigenvalue weighted by Gasteiger charge is 2.15. The van der Waals surface area contributed by atoms with Crippen LogP contribution in [0.3, 0.4) is 0 Å². The molecule has 1 N–H and O–H groups in total. The Morgan fingerprint density at radius 1 is 1.04 bits per heavy atom. The van der Waals surface area contributed by atoms with Crippen LogP contribution in [0.2, 0.25) is 0 Å². The maximum Gasteiger partial charge on any atom is 0.229 e. The lowest BCUT2D eigenvalue weighted by atomic mass is 10.1. The van der Waals surface area contributed by atoms with Crippen molar-refractivity contribution in [3.63, 3.8) is 0 Å². The van der Waals surface area contributed by atoms with Crippen LogP contribution >= 0.6 is 0 Å². The minimum absolute atomic E-state index is 0.0853. The minimum Gasteiger partial charge on any atom is -0.353 e. The number of nitrogens with zero attached hydrogens (tertiary/aromatic N) is 4. The molecule has 0 bridgehead atoms. The second-order valence-corrected chi connectivity index (χ2v) is 5.78. The highest BCUT2D eigenvalue weighted by atomic mass is 16.1. The lowest BCUT2D eigenvalue weighted by Gasteiger charge is -2.32. The fraction of sp³-hybridized carbons (Fsp3) is 0.353. The molecule has 6 nitrogen and oxygen atoms in total. The quantitative estimate of drug-likeness (QED) is 0.925. The Hall–Kier alpha value is -2.47. The summed E-state index contributed by atoms with van der Waals surface area (Å²) in [5, 5.41) is 11.1. The number of hydrogen-bond donors (Lipinski definition) is 1. The molecule has 1 amide bonds. The zero-order valence-electron chi connectivity index (χ0n) is 13.3. The van der Waals surface area contributed by atoms with Gasteiger partial charge in [-0.1, -0.05) is 30.3 Å². The Balaban J connectivity index is 1.56. The van der Waals surface area contributed by atoms with Crippen molar-refractivity contribution >= 4 is 17.5 Å². The van der Waals surface area contributed by atoms with Crippen LogP contribution in [0.4, 0.5) is 11.6 Å². The number of benzene rings is 1. The van der Waals surface area contributed by atoms with Crippen LogP contribution in [-0.2, 0) is 11.2 Å². The molecule has 0 radical (unpaired) electrons. The summed E-state index contributed by atoms with van der Waals surface area (Å²) in [4.78, 5) is 16.5. The van der Waals surface area contributed by atoms with Crippen LogP contribution in [0.15, 0.2) is 42.5 Å². The molecule has 1 aromatic carbocycles. The van der Waals surface area contributed by atoms with E-state index in [-0.39, 0.29) is 5.91 Å². The highest BCUT2D eigenvalue weighted by molar-refractivity contribution is 5.91. The third-order valence-corrected chi connectivity index (χ3v) is 3.95. The Morgan fingerprint density at radius 3 is 2.43 bits per heavy atom. The molecule has 0 saturated carbocycles. The predicted octanol–water partition coefficient (Wildman–Crippen LogP) is 1.41. The van der Waals surface area contributed by atoms with Gasteiger partial charge in [-0.25, -0.2) is 0 Å². The maximum absolute atomic E-state index is 12.0. The van der Waals surface area contributed by atoms with E-state index in [1.54, 1.807) is 0 Å². The minimum atomic E-state index is -0.0853. The largest absolute Gasteiger partial charge is 0.353 e. The van der Waals surface area contributed by atoms with Crippen molar-refractivity contribution in [1.82, 2.24) is 15.1 Å². The first-order valence-corrected chi connectivity index (χ1v) is 7.82. The second kappa shape index (κ2) is 7.19. The van der Waals surface area contributed by atoms with Gasteiger partial charge in [-0.2, -0.15) is 0 Å². The number of piperazine rings is 1. The van der Waals surface area contributed by atoms with Gasteiger partial charge in [-0.3, -0.25) is 4.79 Å². The maximum atomic E-state index is 12.0. The predicted molar refractivity (Wildman–Crippen MR) is 90.5 cm³/mol. The summed E-state index contributed by atoms with van der Waals surface area (Å²) in [6, 6.07) is 13.4. The number of amides is 1. The molecule has 3 rings (SSSR count). The van der Waals surface area contributed by atoms with Gasteiger partial charge < -0.3 is 15.1 Å². The average Bonchev–Trinajstić information content (AvgIpc) is 2.57. The first kappa shape index (κ1) is 15.4. The fourth-order valence-corrected chi connectivity index (χ4v) is 2.56. The van der Waals surface area contributed by atoms with Crippen molar-refractivity contribution < 1.29 is 4.79 Å². The van der Waals surface area contributed by atoms with E-state index < -0.39 is 0 Å². The van der Waals surface area contributed by atoms with Gasteiger partial charge in [0.2, 0.25) is 5.91 Å². The zero-order chi connectivity index (χ0) is 16.1. The molecule has 2 aromatic rings. The van der Waals surface area contributed by atoms with Gasteiger partial charge in [0.15, 0.2) is 11.6 Å². The highest BCUT2D eigenvalue weighted by Crippen LogP contribution is 2.14. The molecule has 120 valence electrons. The average molecular weight is 311 g/mol. The molecule has 1 fully saturated rings. The van der Waals surface area contributed by atoms with Crippen LogP contribution in [0.25, 0.3) is 0 Å². The van der Waals surface area contributed by atoms with E-state index in [1.807, 2.05) is 42.5 Å². The first-order chi connectivity index (χ1) is 11.2. The van der Waals surface area contributed by atoms with E-state index in [9.17, 15) is 4.79 Å². The summed E-state index contributed by atoms with van der Waals surface area (Å²) >= 11 is 0. The van der Waals surface area contributed by atoms with Gasteiger partial charge in [0, 0.05) is 26.2 Å². The number of carbonyl (C=O) groups excluding carboxylic acids is 1. The SMILES string of the molecule is CN1CCN(c2ccc(NC(=O)Cc3ccccc3)nn2)CC1. The third-order valence-electron chi connectivity index (χ3n) is 3.95. The molecule has 6 heteroatoms.